The summed E-state index contributed by atoms with van der Waals surface area (Å²) in [6, 6.07) is 0. The Morgan fingerprint density at radius 1 is 1.42 bits per heavy atom. The molecule has 0 aromatic heterocycles. The highest BCUT2D eigenvalue weighted by Crippen LogP contribution is 2.27. The molecule has 12 heavy (non-hydrogen) atoms. The van der Waals surface area contributed by atoms with E-state index in [1.54, 1.807) is 0 Å². The molecule has 0 aliphatic heterocycles. The van der Waals surface area contributed by atoms with Gasteiger partial charge in [-0.1, -0.05) is 12.8 Å². The second-order valence-corrected chi connectivity index (χ2v) is 5.45. The van der Waals surface area contributed by atoms with Crippen molar-refractivity contribution in [2.45, 2.75) is 31.4 Å². The fourth-order valence-electron chi connectivity index (χ4n) is 1.60. The van der Waals surface area contributed by atoms with E-state index in [2.05, 4.69) is 0 Å². The first-order valence-electron chi connectivity index (χ1n) is 4.06. The summed E-state index contributed by atoms with van der Waals surface area (Å²) < 4.78 is 41.9. The van der Waals surface area contributed by atoms with Crippen molar-refractivity contribution >= 4 is 9.73 Å². The monoisotopic (exact) mass is 197 g/mol. The normalized spacial score (nSPS) is 24.6. The number of alkyl halides is 2. The van der Waals surface area contributed by atoms with Gasteiger partial charge in [-0.2, -0.15) is 8.78 Å². The van der Waals surface area contributed by atoms with Crippen LogP contribution in [0.25, 0.3) is 0 Å². The SMILES string of the molecule is N=S(=O)(CC1CCCC1)C(F)F. The van der Waals surface area contributed by atoms with E-state index >= 15 is 0 Å². The molecule has 1 aliphatic rings. The third-order valence-electron chi connectivity index (χ3n) is 2.25. The van der Waals surface area contributed by atoms with Gasteiger partial charge in [-0.3, -0.25) is 0 Å². The van der Waals surface area contributed by atoms with E-state index in [4.69, 9.17) is 4.78 Å². The van der Waals surface area contributed by atoms with Gasteiger partial charge in [-0.25, -0.2) is 8.99 Å². The zero-order chi connectivity index (χ0) is 9.19. The Balaban J connectivity index is 2.49. The minimum Gasteiger partial charge on any atom is -0.248 e. The number of nitrogens with one attached hydrogen (secondary N) is 1. The lowest BCUT2D eigenvalue weighted by Crippen LogP contribution is -2.18. The summed E-state index contributed by atoms with van der Waals surface area (Å²) in [5.41, 5.74) is 0. The molecule has 1 saturated carbocycles. The van der Waals surface area contributed by atoms with Crippen LogP contribution in [0.2, 0.25) is 0 Å². The minimum absolute atomic E-state index is 0.101. The van der Waals surface area contributed by atoms with Crippen LogP contribution in [0.4, 0.5) is 8.78 Å². The molecular weight excluding hydrogens is 184 g/mol. The van der Waals surface area contributed by atoms with Crippen LogP contribution in [0.3, 0.4) is 0 Å². The molecule has 1 unspecified atom stereocenters. The van der Waals surface area contributed by atoms with Crippen molar-refractivity contribution in [1.29, 1.82) is 4.78 Å². The first kappa shape index (κ1) is 9.89. The van der Waals surface area contributed by atoms with Crippen molar-refractivity contribution in [3.63, 3.8) is 0 Å². The smallest absolute Gasteiger partial charge is 0.248 e. The van der Waals surface area contributed by atoms with Gasteiger partial charge >= 0.3 is 5.76 Å². The summed E-state index contributed by atoms with van der Waals surface area (Å²) in [6.45, 7) is 0. The standard InChI is InChI=1S/C7H13F2NOS/c8-7(9)12(10,11)5-6-3-1-2-4-6/h6-7,10H,1-5H2. The van der Waals surface area contributed by atoms with Gasteiger partial charge in [0.05, 0.1) is 0 Å². The summed E-state index contributed by atoms with van der Waals surface area (Å²) in [7, 11) is -3.61. The molecule has 1 atom stereocenters. The van der Waals surface area contributed by atoms with Crippen LogP contribution < -0.4 is 0 Å². The highest BCUT2D eigenvalue weighted by molar-refractivity contribution is 7.92. The Hall–Kier alpha value is -0.190. The second-order valence-electron chi connectivity index (χ2n) is 3.30. The van der Waals surface area contributed by atoms with E-state index in [1.807, 2.05) is 0 Å². The zero-order valence-corrected chi connectivity index (χ0v) is 7.58. The van der Waals surface area contributed by atoms with Crippen LogP contribution in [0.1, 0.15) is 25.7 Å². The lowest BCUT2D eigenvalue weighted by Gasteiger charge is -2.10. The Morgan fingerprint density at radius 3 is 2.33 bits per heavy atom. The van der Waals surface area contributed by atoms with Crippen LogP contribution in [-0.4, -0.2) is 15.7 Å². The van der Waals surface area contributed by atoms with Gasteiger partial charge in [0.1, 0.15) is 9.73 Å². The summed E-state index contributed by atoms with van der Waals surface area (Å²) in [5, 5.41) is 0. The molecule has 0 amide bonds. The fourth-order valence-corrected chi connectivity index (χ4v) is 2.78. The number of hydrogen-bond acceptors (Lipinski definition) is 2. The molecule has 0 saturated heterocycles. The van der Waals surface area contributed by atoms with Gasteiger partial charge in [-0.05, 0) is 18.8 Å². The van der Waals surface area contributed by atoms with E-state index in [9.17, 15) is 13.0 Å². The molecule has 0 heterocycles. The summed E-state index contributed by atoms with van der Waals surface area (Å²) in [4.78, 5) is 0. The maximum absolute atomic E-state index is 12.0. The van der Waals surface area contributed by atoms with Gasteiger partial charge in [0.25, 0.3) is 0 Å². The predicted octanol–water partition coefficient (Wildman–Crippen LogP) is 2.45. The zero-order valence-electron chi connectivity index (χ0n) is 6.76. The number of hydrogen-bond donors (Lipinski definition) is 1. The van der Waals surface area contributed by atoms with Crippen LogP contribution in [0.15, 0.2) is 0 Å². The van der Waals surface area contributed by atoms with Crippen LogP contribution >= 0.6 is 0 Å². The lowest BCUT2D eigenvalue weighted by molar-refractivity contribution is 0.240. The molecule has 0 aromatic carbocycles. The number of rotatable bonds is 3. The fraction of sp³-hybridized carbons (Fsp3) is 1.00. The Bertz CT molecular complexity index is 232. The van der Waals surface area contributed by atoms with E-state index in [0.29, 0.717) is 0 Å². The van der Waals surface area contributed by atoms with Crippen molar-refractivity contribution in [3.05, 3.63) is 0 Å². The van der Waals surface area contributed by atoms with Crippen LogP contribution in [-0.2, 0) is 9.73 Å². The molecule has 5 heteroatoms. The van der Waals surface area contributed by atoms with Crippen LogP contribution in [0, 0.1) is 10.7 Å². The van der Waals surface area contributed by atoms with E-state index in [-0.39, 0.29) is 11.7 Å². The maximum Gasteiger partial charge on any atom is 0.318 e. The van der Waals surface area contributed by atoms with Gasteiger partial charge in [0, 0.05) is 5.75 Å². The topological polar surface area (TPSA) is 40.9 Å². The molecule has 1 aliphatic carbocycles. The molecule has 0 bridgehead atoms. The summed E-state index contributed by atoms with van der Waals surface area (Å²) in [6.07, 6.45) is 3.79. The molecule has 0 spiro atoms. The second kappa shape index (κ2) is 3.68. The van der Waals surface area contributed by atoms with Crippen molar-refractivity contribution in [2.24, 2.45) is 5.92 Å². The maximum atomic E-state index is 12.0. The quantitative estimate of drug-likeness (QED) is 0.741. The molecule has 1 fully saturated rings. The van der Waals surface area contributed by atoms with Crippen molar-refractivity contribution in [3.8, 4) is 0 Å². The molecule has 0 aromatic rings. The van der Waals surface area contributed by atoms with Crippen molar-refractivity contribution in [1.82, 2.24) is 0 Å². The lowest BCUT2D eigenvalue weighted by atomic mass is 10.1. The predicted molar refractivity (Wildman–Crippen MR) is 43.7 cm³/mol. The van der Waals surface area contributed by atoms with Gasteiger partial charge in [0.2, 0.25) is 0 Å². The minimum atomic E-state index is -3.61. The van der Waals surface area contributed by atoms with Crippen molar-refractivity contribution < 1.29 is 13.0 Å². The molecule has 0 radical (unpaired) electrons. The Morgan fingerprint density at radius 2 is 1.92 bits per heavy atom. The summed E-state index contributed by atoms with van der Waals surface area (Å²) in [5.74, 6) is -2.98. The van der Waals surface area contributed by atoms with E-state index in [1.165, 1.54) is 0 Å². The van der Waals surface area contributed by atoms with Crippen molar-refractivity contribution in [2.75, 3.05) is 5.75 Å². The Kier molecular flexibility index (Phi) is 3.04. The highest BCUT2D eigenvalue weighted by atomic mass is 32.2. The molecule has 72 valence electrons. The first-order chi connectivity index (χ1) is 5.52. The molecule has 1 rings (SSSR count). The van der Waals surface area contributed by atoms with Gasteiger partial charge < -0.3 is 0 Å². The molecule has 2 nitrogen and oxygen atoms in total. The number of halogens is 2. The first-order valence-corrected chi connectivity index (χ1v) is 5.85. The van der Waals surface area contributed by atoms with Gasteiger partial charge in [-0.15, -0.1) is 0 Å². The average molecular weight is 197 g/mol. The highest BCUT2D eigenvalue weighted by Gasteiger charge is 2.26. The van der Waals surface area contributed by atoms with E-state index in [0.717, 1.165) is 25.7 Å². The van der Waals surface area contributed by atoms with Gasteiger partial charge in [0.15, 0.2) is 0 Å². The third kappa shape index (κ3) is 2.40. The van der Waals surface area contributed by atoms with Crippen LogP contribution in [0.5, 0.6) is 0 Å². The Labute approximate surface area is 71.3 Å². The van der Waals surface area contributed by atoms with E-state index < -0.39 is 15.5 Å². The third-order valence-corrected chi connectivity index (χ3v) is 3.79. The molecule has 1 N–H and O–H groups in total. The largest absolute Gasteiger partial charge is 0.318 e. The summed E-state index contributed by atoms with van der Waals surface area (Å²) >= 11 is 0. The average Bonchev–Trinajstić information content (AvgIpc) is 2.38. The molecular formula is C7H13F2NOS.